The van der Waals surface area contributed by atoms with E-state index in [9.17, 15) is 4.79 Å². The SMILES string of the molecule is CCC(C)(C)C(=O)NCCOc1cccc(N)c1. The number of anilines is 1. The second kappa shape index (κ2) is 6.28. The van der Waals surface area contributed by atoms with Gasteiger partial charge in [0, 0.05) is 17.2 Å². The molecule has 0 atom stereocenters. The molecule has 3 N–H and O–H groups in total. The van der Waals surface area contributed by atoms with E-state index in [1.54, 1.807) is 12.1 Å². The lowest BCUT2D eigenvalue weighted by molar-refractivity contribution is -0.129. The van der Waals surface area contributed by atoms with E-state index in [0.29, 0.717) is 18.8 Å². The van der Waals surface area contributed by atoms with E-state index in [0.717, 1.165) is 12.2 Å². The minimum atomic E-state index is -0.322. The average molecular weight is 250 g/mol. The van der Waals surface area contributed by atoms with Gasteiger partial charge in [0.2, 0.25) is 5.91 Å². The maximum Gasteiger partial charge on any atom is 0.225 e. The lowest BCUT2D eigenvalue weighted by atomic mass is 9.89. The summed E-state index contributed by atoms with van der Waals surface area (Å²) in [5.41, 5.74) is 5.98. The molecule has 100 valence electrons. The number of hydrogen-bond acceptors (Lipinski definition) is 3. The molecule has 4 heteroatoms. The molecule has 0 saturated carbocycles. The third-order valence-corrected chi connectivity index (χ3v) is 3.01. The number of nitrogens with two attached hydrogens (primary N) is 1. The molecule has 0 heterocycles. The van der Waals surface area contributed by atoms with Crippen molar-refractivity contribution in [2.45, 2.75) is 27.2 Å². The van der Waals surface area contributed by atoms with Crippen molar-refractivity contribution in [3.05, 3.63) is 24.3 Å². The summed E-state index contributed by atoms with van der Waals surface area (Å²) in [5.74, 6) is 0.778. The van der Waals surface area contributed by atoms with Gasteiger partial charge in [-0.25, -0.2) is 0 Å². The van der Waals surface area contributed by atoms with E-state index in [-0.39, 0.29) is 11.3 Å². The van der Waals surface area contributed by atoms with Crippen molar-refractivity contribution in [3.63, 3.8) is 0 Å². The average Bonchev–Trinajstić information content (AvgIpc) is 2.34. The number of carbonyl (C=O) groups excluding carboxylic acids is 1. The summed E-state index contributed by atoms with van der Waals surface area (Å²) in [4.78, 5) is 11.8. The highest BCUT2D eigenvalue weighted by Crippen LogP contribution is 2.19. The standard InChI is InChI=1S/C14H22N2O2/c1-4-14(2,3)13(17)16-8-9-18-12-7-5-6-11(15)10-12/h5-7,10H,4,8-9,15H2,1-3H3,(H,16,17). The first kappa shape index (κ1) is 14.4. The number of nitrogens with one attached hydrogen (secondary N) is 1. The highest BCUT2D eigenvalue weighted by Gasteiger charge is 2.24. The van der Waals surface area contributed by atoms with Crippen LogP contribution in [0.4, 0.5) is 5.69 Å². The second-order valence-corrected chi connectivity index (χ2v) is 4.91. The molecule has 0 aromatic heterocycles. The topological polar surface area (TPSA) is 64.3 Å². The summed E-state index contributed by atoms with van der Waals surface area (Å²) in [5, 5.41) is 2.86. The Bertz CT molecular complexity index is 403. The fraction of sp³-hybridized carbons (Fsp3) is 0.500. The molecule has 1 aromatic carbocycles. The van der Waals surface area contributed by atoms with E-state index in [2.05, 4.69) is 5.32 Å². The highest BCUT2D eigenvalue weighted by atomic mass is 16.5. The van der Waals surface area contributed by atoms with Crippen LogP contribution in [-0.4, -0.2) is 19.1 Å². The third-order valence-electron chi connectivity index (χ3n) is 3.01. The Morgan fingerprint density at radius 2 is 2.17 bits per heavy atom. The van der Waals surface area contributed by atoms with Crippen LogP contribution in [0.3, 0.4) is 0 Å². The normalized spacial score (nSPS) is 11.1. The van der Waals surface area contributed by atoms with E-state index >= 15 is 0 Å². The molecular formula is C14H22N2O2. The van der Waals surface area contributed by atoms with Gasteiger partial charge in [-0.1, -0.05) is 26.8 Å². The lowest BCUT2D eigenvalue weighted by Gasteiger charge is -2.21. The molecule has 4 nitrogen and oxygen atoms in total. The van der Waals surface area contributed by atoms with Crippen LogP contribution in [0.2, 0.25) is 0 Å². The summed E-state index contributed by atoms with van der Waals surface area (Å²) in [6, 6.07) is 7.24. The summed E-state index contributed by atoms with van der Waals surface area (Å²) in [6.07, 6.45) is 0.814. The van der Waals surface area contributed by atoms with Crippen LogP contribution in [-0.2, 0) is 4.79 Å². The highest BCUT2D eigenvalue weighted by molar-refractivity contribution is 5.81. The Morgan fingerprint density at radius 1 is 1.44 bits per heavy atom. The molecule has 0 fully saturated rings. The van der Waals surface area contributed by atoms with Gasteiger partial charge < -0.3 is 15.8 Å². The minimum Gasteiger partial charge on any atom is -0.492 e. The van der Waals surface area contributed by atoms with Gasteiger partial charge in [0.15, 0.2) is 0 Å². The van der Waals surface area contributed by atoms with Crippen LogP contribution < -0.4 is 15.8 Å². The van der Waals surface area contributed by atoms with Crippen molar-refractivity contribution in [3.8, 4) is 5.75 Å². The Balaban J connectivity index is 2.29. The molecule has 1 rings (SSSR count). The van der Waals surface area contributed by atoms with Gasteiger partial charge in [0.25, 0.3) is 0 Å². The predicted molar refractivity (Wildman–Crippen MR) is 73.4 cm³/mol. The van der Waals surface area contributed by atoms with Crippen LogP contribution >= 0.6 is 0 Å². The van der Waals surface area contributed by atoms with Gasteiger partial charge in [-0.15, -0.1) is 0 Å². The van der Waals surface area contributed by atoms with Crippen molar-refractivity contribution < 1.29 is 9.53 Å². The Labute approximate surface area is 109 Å². The number of hydrogen-bond donors (Lipinski definition) is 2. The number of nitrogen functional groups attached to an aromatic ring is 1. The molecule has 1 amide bonds. The monoisotopic (exact) mass is 250 g/mol. The number of amides is 1. The van der Waals surface area contributed by atoms with Crippen molar-refractivity contribution in [2.24, 2.45) is 5.41 Å². The first-order chi connectivity index (χ1) is 8.45. The van der Waals surface area contributed by atoms with E-state index in [1.165, 1.54) is 0 Å². The smallest absolute Gasteiger partial charge is 0.225 e. The van der Waals surface area contributed by atoms with Gasteiger partial charge in [0.05, 0.1) is 6.54 Å². The molecule has 0 radical (unpaired) electrons. The maximum absolute atomic E-state index is 11.8. The predicted octanol–water partition coefficient (Wildman–Crippen LogP) is 2.20. The number of rotatable bonds is 6. The minimum absolute atomic E-state index is 0.0566. The van der Waals surface area contributed by atoms with Gasteiger partial charge >= 0.3 is 0 Å². The van der Waals surface area contributed by atoms with Crippen LogP contribution in [0.5, 0.6) is 5.75 Å². The largest absolute Gasteiger partial charge is 0.492 e. The maximum atomic E-state index is 11.8. The van der Waals surface area contributed by atoms with Gasteiger partial charge in [-0.2, -0.15) is 0 Å². The first-order valence-electron chi connectivity index (χ1n) is 6.22. The Hall–Kier alpha value is -1.71. The van der Waals surface area contributed by atoms with Crippen molar-refractivity contribution >= 4 is 11.6 Å². The molecule has 0 spiro atoms. The third kappa shape index (κ3) is 4.28. The fourth-order valence-corrected chi connectivity index (χ4v) is 1.34. The molecule has 0 unspecified atom stereocenters. The van der Waals surface area contributed by atoms with Gasteiger partial charge in [-0.3, -0.25) is 4.79 Å². The van der Waals surface area contributed by atoms with E-state index in [1.807, 2.05) is 32.9 Å². The van der Waals surface area contributed by atoms with Crippen LogP contribution in [0.15, 0.2) is 24.3 Å². The second-order valence-electron chi connectivity index (χ2n) is 4.91. The van der Waals surface area contributed by atoms with Crippen molar-refractivity contribution in [2.75, 3.05) is 18.9 Å². The molecule has 18 heavy (non-hydrogen) atoms. The fourth-order valence-electron chi connectivity index (χ4n) is 1.34. The molecule has 0 aliphatic carbocycles. The van der Waals surface area contributed by atoms with Gasteiger partial charge in [-0.05, 0) is 18.6 Å². The number of ether oxygens (including phenoxy) is 1. The zero-order valence-electron chi connectivity index (χ0n) is 11.3. The summed E-state index contributed by atoms with van der Waals surface area (Å²) < 4.78 is 5.49. The molecule has 0 bridgehead atoms. The Kier molecular flexibility index (Phi) is 5.01. The molecule has 1 aromatic rings. The van der Waals surface area contributed by atoms with Gasteiger partial charge in [0.1, 0.15) is 12.4 Å². The molecule has 0 aliphatic rings. The van der Waals surface area contributed by atoms with Crippen LogP contribution in [0.1, 0.15) is 27.2 Å². The van der Waals surface area contributed by atoms with Crippen molar-refractivity contribution in [1.82, 2.24) is 5.32 Å². The lowest BCUT2D eigenvalue weighted by Crippen LogP contribution is -2.38. The molecular weight excluding hydrogens is 228 g/mol. The van der Waals surface area contributed by atoms with E-state index < -0.39 is 0 Å². The van der Waals surface area contributed by atoms with E-state index in [4.69, 9.17) is 10.5 Å². The summed E-state index contributed by atoms with van der Waals surface area (Å²) in [7, 11) is 0. The van der Waals surface area contributed by atoms with Crippen molar-refractivity contribution in [1.29, 1.82) is 0 Å². The van der Waals surface area contributed by atoms with Crippen LogP contribution in [0, 0.1) is 5.41 Å². The number of benzene rings is 1. The Morgan fingerprint density at radius 3 is 2.78 bits per heavy atom. The molecule has 0 aliphatic heterocycles. The summed E-state index contributed by atoms with van der Waals surface area (Å²) >= 11 is 0. The first-order valence-corrected chi connectivity index (χ1v) is 6.22. The van der Waals surface area contributed by atoms with Crippen LogP contribution in [0.25, 0.3) is 0 Å². The summed E-state index contributed by atoms with van der Waals surface area (Å²) in [6.45, 7) is 6.80. The molecule has 0 saturated heterocycles. The number of carbonyl (C=O) groups is 1. The quantitative estimate of drug-likeness (QED) is 0.601. The zero-order chi connectivity index (χ0) is 13.6. The zero-order valence-corrected chi connectivity index (χ0v) is 11.3.